The first kappa shape index (κ1) is 12.6. The highest BCUT2D eigenvalue weighted by Crippen LogP contribution is 2.29. The molecule has 98 valence electrons. The fourth-order valence-corrected chi connectivity index (χ4v) is 2.35. The molecule has 3 nitrogen and oxygen atoms in total. The molecule has 0 aliphatic carbocycles. The maximum Gasteiger partial charge on any atom is 0.335 e. The van der Waals surface area contributed by atoms with Crippen LogP contribution in [0.4, 0.5) is 0 Å². The predicted octanol–water partition coefficient (Wildman–Crippen LogP) is 4.25. The number of aromatic carboxylic acids is 1. The van der Waals surface area contributed by atoms with Crippen LogP contribution in [0, 0.1) is 0 Å². The molecule has 1 N–H and O–H groups in total. The summed E-state index contributed by atoms with van der Waals surface area (Å²) in [6, 6.07) is 14.3. The zero-order chi connectivity index (χ0) is 14.1. The van der Waals surface area contributed by atoms with Crippen molar-refractivity contribution in [2.45, 2.75) is 0 Å². The summed E-state index contributed by atoms with van der Waals surface area (Å²) in [5.41, 5.74) is 2.75. The lowest BCUT2D eigenvalue weighted by molar-refractivity contribution is 0.0697. The molecule has 1 heterocycles. The second-order valence-corrected chi connectivity index (χ2v) is 4.82. The largest absolute Gasteiger partial charge is 0.478 e. The summed E-state index contributed by atoms with van der Waals surface area (Å²) in [6.45, 7) is 0. The third kappa shape index (κ3) is 2.24. The Kier molecular flexibility index (Phi) is 3.12. The normalized spacial score (nSPS) is 10.7. The van der Waals surface area contributed by atoms with E-state index in [4.69, 9.17) is 16.7 Å². The SMILES string of the molecule is O=C(O)c1ccc2ncc(-c3ccccc3Cl)cc2c1. The number of nitrogens with zero attached hydrogens (tertiary/aromatic N) is 1. The smallest absolute Gasteiger partial charge is 0.335 e. The van der Waals surface area contributed by atoms with Crippen molar-refractivity contribution in [3.63, 3.8) is 0 Å². The molecule has 0 saturated carbocycles. The highest BCUT2D eigenvalue weighted by atomic mass is 35.5. The molecule has 0 atom stereocenters. The van der Waals surface area contributed by atoms with E-state index in [2.05, 4.69) is 4.98 Å². The number of fused-ring (bicyclic) bond motifs is 1. The molecule has 0 unspecified atom stereocenters. The molecule has 0 saturated heterocycles. The van der Waals surface area contributed by atoms with Crippen molar-refractivity contribution < 1.29 is 9.90 Å². The first-order valence-corrected chi connectivity index (χ1v) is 6.41. The topological polar surface area (TPSA) is 50.2 Å². The third-order valence-electron chi connectivity index (χ3n) is 3.11. The number of aromatic nitrogens is 1. The van der Waals surface area contributed by atoms with Crippen molar-refractivity contribution in [3.8, 4) is 11.1 Å². The fraction of sp³-hybridized carbons (Fsp3) is 0. The Hall–Kier alpha value is -2.39. The van der Waals surface area contributed by atoms with Gasteiger partial charge >= 0.3 is 5.97 Å². The minimum absolute atomic E-state index is 0.246. The Bertz CT molecular complexity index is 814. The average Bonchev–Trinajstić information content (AvgIpc) is 2.46. The van der Waals surface area contributed by atoms with Gasteiger partial charge in [0.05, 0.1) is 11.1 Å². The molecule has 20 heavy (non-hydrogen) atoms. The quantitative estimate of drug-likeness (QED) is 0.765. The molecule has 0 spiro atoms. The number of benzene rings is 2. The minimum Gasteiger partial charge on any atom is -0.478 e. The molecule has 0 amide bonds. The van der Waals surface area contributed by atoms with E-state index < -0.39 is 5.97 Å². The van der Waals surface area contributed by atoms with Gasteiger partial charge in [-0.15, -0.1) is 0 Å². The van der Waals surface area contributed by atoms with E-state index in [9.17, 15) is 4.79 Å². The molecular weight excluding hydrogens is 274 g/mol. The van der Waals surface area contributed by atoms with Crippen LogP contribution in [0.3, 0.4) is 0 Å². The Morgan fingerprint density at radius 3 is 2.65 bits per heavy atom. The summed E-state index contributed by atoms with van der Waals surface area (Å²) in [7, 11) is 0. The second-order valence-electron chi connectivity index (χ2n) is 4.42. The van der Waals surface area contributed by atoms with Gasteiger partial charge in [-0.3, -0.25) is 4.98 Å². The molecule has 1 aromatic heterocycles. The van der Waals surface area contributed by atoms with Gasteiger partial charge in [-0.2, -0.15) is 0 Å². The molecule has 3 aromatic rings. The van der Waals surface area contributed by atoms with E-state index in [1.165, 1.54) is 0 Å². The average molecular weight is 284 g/mol. The van der Waals surface area contributed by atoms with Crippen LogP contribution in [0.15, 0.2) is 54.7 Å². The highest BCUT2D eigenvalue weighted by Gasteiger charge is 2.07. The van der Waals surface area contributed by atoms with Crippen molar-refractivity contribution in [1.29, 1.82) is 0 Å². The van der Waals surface area contributed by atoms with E-state index in [1.807, 2.05) is 30.3 Å². The molecular formula is C16H10ClNO2. The number of hydrogen-bond donors (Lipinski definition) is 1. The van der Waals surface area contributed by atoms with Gasteiger partial charge < -0.3 is 5.11 Å². The van der Waals surface area contributed by atoms with Gasteiger partial charge in [0.2, 0.25) is 0 Å². The number of rotatable bonds is 2. The molecule has 0 fully saturated rings. The van der Waals surface area contributed by atoms with E-state index in [-0.39, 0.29) is 5.56 Å². The van der Waals surface area contributed by atoms with Gasteiger partial charge in [0.25, 0.3) is 0 Å². The van der Waals surface area contributed by atoms with Crippen molar-refractivity contribution in [3.05, 3.63) is 65.3 Å². The van der Waals surface area contributed by atoms with Crippen LogP contribution in [-0.4, -0.2) is 16.1 Å². The number of pyridine rings is 1. The summed E-state index contributed by atoms with van der Waals surface area (Å²) in [4.78, 5) is 15.4. The number of hydrogen-bond acceptors (Lipinski definition) is 2. The van der Waals surface area contributed by atoms with Gasteiger partial charge in [0.15, 0.2) is 0 Å². The maximum atomic E-state index is 11.0. The molecule has 0 aliphatic rings. The van der Waals surface area contributed by atoms with Gasteiger partial charge in [-0.05, 0) is 30.3 Å². The number of carboxylic acid groups (broad SMARTS) is 1. The summed E-state index contributed by atoms with van der Waals surface area (Å²) in [5.74, 6) is -0.949. The van der Waals surface area contributed by atoms with E-state index in [1.54, 1.807) is 24.4 Å². The molecule has 4 heteroatoms. The summed E-state index contributed by atoms with van der Waals surface area (Å²) in [6.07, 6.45) is 1.74. The van der Waals surface area contributed by atoms with Crippen LogP contribution in [0.1, 0.15) is 10.4 Å². The highest BCUT2D eigenvalue weighted by molar-refractivity contribution is 6.33. The van der Waals surface area contributed by atoms with Gasteiger partial charge in [0, 0.05) is 27.7 Å². The second kappa shape index (κ2) is 4.94. The molecule has 0 bridgehead atoms. The number of carboxylic acids is 1. The Morgan fingerprint density at radius 2 is 1.90 bits per heavy atom. The fourth-order valence-electron chi connectivity index (χ4n) is 2.11. The first-order chi connectivity index (χ1) is 9.65. The third-order valence-corrected chi connectivity index (χ3v) is 3.44. The lowest BCUT2D eigenvalue weighted by Gasteiger charge is -2.06. The van der Waals surface area contributed by atoms with Gasteiger partial charge in [0.1, 0.15) is 0 Å². The lowest BCUT2D eigenvalue weighted by Crippen LogP contribution is -1.95. The summed E-state index contributed by atoms with van der Waals surface area (Å²) < 4.78 is 0. The van der Waals surface area contributed by atoms with Crippen LogP contribution in [-0.2, 0) is 0 Å². The van der Waals surface area contributed by atoms with Crippen LogP contribution in [0.5, 0.6) is 0 Å². The molecule has 0 aliphatic heterocycles. The first-order valence-electron chi connectivity index (χ1n) is 6.03. The van der Waals surface area contributed by atoms with E-state index in [0.29, 0.717) is 5.02 Å². The summed E-state index contributed by atoms with van der Waals surface area (Å²) >= 11 is 6.17. The number of carbonyl (C=O) groups is 1. The summed E-state index contributed by atoms with van der Waals surface area (Å²) in [5, 5.41) is 10.5. The Balaban J connectivity index is 2.19. The van der Waals surface area contributed by atoms with Gasteiger partial charge in [-0.25, -0.2) is 4.79 Å². The minimum atomic E-state index is -0.949. The lowest BCUT2D eigenvalue weighted by atomic mass is 10.0. The number of halogens is 1. The van der Waals surface area contributed by atoms with Crippen molar-refractivity contribution in [1.82, 2.24) is 4.98 Å². The Morgan fingerprint density at radius 1 is 1.10 bits per heavy atom. The molecule has 2 aromatic carbocycles. The molecule has 0 radical (unpaired) electrons. The van der Waals surface area contributed by atoms with Crippen molar-refractivity contribution in [2.75, 3.05) is 0 Å². The monoisotopic (exact) mass is 283 g/mol. The predicted molar refractivity (Wildman–Crippen MR) is 79.1 cm³/mol. The van der Waals surface area contributed by atoms with Crippen molar-refractivity contribution >= 4 is 28.5 Å². The standard InChI is InChI=1S/C16H10ClNO2/c17-14-4-2-1-3-13(14)12-8-11-7-10(16(19)20)5-6-15(11)18-9-12/h1-9H,(H,19,20). The van der Waals surface area contributed by atoms with E-state index >= 15 is 0 Å². The van der Waals surface area contributed by atoms with Gasteiger partial charge in [-0.1, -0.05) is 29.8 Å². The van der Waals surface area contributed by atoms with Crippen LogP contribution < -0.4 is 0 Å². The van der Waals surface area contributed by atoms with Crippen LogP contribution >= 0.6 is 11.6 Å². The Labute approximate surface area is 120 Å². The zero-order valence-corrected chi connectivity index (χ0v) is 11.1. The maximum absolute atomic E-state index is 11.0. The van der Waals surface area contributed by atoms with Crippen LogP contribution in [0.25, 0.3) is 22.0 Å². The van der Waals surface area contributed by atoms with Crippen LogP contribution in [0.2, 0.25) is 5.02 Å². The van der Waals surface area contributed by atoms with Crippen molar-refractivity contribution in [2.24, 2.45) is 0 Å². The molecule has 3 rings (SSSR count). The van der Waals surface area contributed by atoms with E-state index in [0.717, 1.165) is 22.0 Å². The zero-order valence-electron chi connectivity index (χ0n) is 10.4.